The number of nitrogens with zero attached hydrogens (tertiary/aromatic N) is 8. The molecule has 1 saturated heterocycles. The topological polar surface area (TPSA) is 102 Å². The number of piperazine rings is 1. The largest absolute Gasteiger partial charge is 0.486 e. The Morgan fingerprint density at radius 1 is 1.07 bits per heavy atom. The minimum atomic E-state index is 0.0129. The van der Waals surface area contributed by atoms with Gasteiger partial charge in [0.05, 0.1) is 6.04 Å². The fourth-order valence-corrected chi connectivity index (χ4v) is 3.30. The molecule has 4 rings (SSSR count). The molecule has 0 aliphatic carbocycles. The highest BCUT2D eigenvalue weighted by Gasteiger charge is 2.23. The molecule has 1 amide bonds. The molecule has 10 nitrogen and oxygen atoms in total. The first-order valence-corrected chi connectivity index (χ1v) is 9.92. The van der Waals surface area contributed by atoms with Crippen LogP contribution >= 0.6 is 0 Å². The van der Waals surface area contributed by atoms with E-state index in [9.17, 15) is 4.79 Å². The van der Waals surface area contributed by atoms with Crippen LogP contribution in [0, 0.1) is 0 Å². The van der Waals surface area contributed by atoms with Gasteiger partial charge in [0.15, 0.2) is 5.82 Å². The molecule has 1 aromatic carbocycles. The zero-order chi connectivity index (χ0) is 20.9. The van der Waals surface area contributed by atoms with E-state index >= 15 is 0 Å². The van der Waals surface area contributed by atoms with Crippen molar-refractivity contribution in [2.75, 3.05) is 31.1 Å². The first-order chi connectivity index (χ1) is 14.6. The van der Waals surface area contributed by atoms with Crippen LogP contribution in [0.1, 0.15) is 36.1 Å². The Morgan fingerprint density at radius 3 is 2.43 bits per heavy atom. The minimum absolute atomic E-state index is 0.0129. The molecular formula is C20H24N8O2. The SMILES string of the molecule is CC(C)n1nnnc1COc1ccc(C(=O)N2CCN(c3ncccn3)CC2)cc1. The summed E-state index contributed by atoms with van der Waals surface area (Å²) in [6, 6.07) is 9.12. The third-order valence-electron chi connectivity index (χ3n) is 4.92. The van der Waals surface area contributed by atoms with Crippen LogP contribution in [0.15, 0.2) is 42.7 Å². The highest BCUT2D eigenvalue weighted by Crippen LogP contribution is 2.17. The van der Waals surface area contributed by atoms with Crippen molar-refractivity contribution < 1.29 is 9.53 Å². The second-order valence-corrected chi connectivity index (χ2v) is 7.27. The number of tetrazole rings is 1. The van der Waals surface area contributed by atoms with Gasteiger partial charge in [-0.3, -0.25) is 4.79 Å². The van der Waals surface area contributed by atoms with Crippen LogP contribution in [0.2, 0.25) is 0 Å². The summed E-state index contributed by atoms with van der Waals surface area (Å²) in [4.78, 5) is 25.3. The Morgan fingerprint density at radius 2 is 1.77 bits per heavy atom. The molecular weight excluding hydrogens is 384 g/mol. The predicted molar refractivity (Wildman–Crippen MR) is 109 cm³/mol. The Balaban J connectivity index is 1.32. The molecule has 156 valence electrons. The lowest BCUT2D eigenvalue weighted by Gasteiger charge is -2.34. The third kappa shape index (κ3) is 4.37. The number of anilines is 1. The van der Waals surface area contributed by atoms with Crippen LogP contribution in [-0.4, -0.2) is 67.2 Å². The Hall–Kier alpha value is -3.56. The molecule has 0 unspecified atom stereocenters. The average molecular weight is 408 g/mol. The standard InChI is InChI=1S/C20H24N8O2/c1-15(2)28-18(23-24-25-28)14-30-17-6-4-16(5-7-17)19(29)26-10-12-27(13-11-26)20-21-8-3-9-22-20/h3-9,15H,10-14H2,1-2H3. The van der Waals surface area contributed by atoms with Crippen LogP contribution in [-0.2, 0) is 6.61 Å². The first kappa shape index (κ1) is 19.7. The van der Waals surface area contributed by atoms with Crippen molar-refractivity contribution in [3.8, 4) is 5.75 Å². The molecule has 0 atom stereocenters. The summed E-state index contributed by atoms with van der Waals surface area (Å²) in [5.41, 5.74) is 0.638. The van der Waals surface area contributed by atoms with Crippen molar-refractivity contribution >= 4 is 11.9 Å². The second-order valence-electron chi connectivity index (χ2n) is 7.27. The van der Waals surface area contributed by atoms with Gasteiger partial charge in [-0.15, -0.1) is 5.10 Å². The highest BCUT2D eigenvalue weighted by atomic mass is 16.5. The van der Waals surface area contributed by atoms with Gasteiger partial charge >= 0.3 is 0 Å². The van der Waals surface area contributed by atoms with E-state index in [1.54, 1.807) is 47.4 Å². The molecule has 1 aliphatic heterocycles. The van der Waals surface area contributed by atoms with Crippen molar-refractivity contribution in [2.45, 2.75) is 26.5 Å². The summed E-state index contributed by atoms with van der Waals surface area (Å²) in [5, 5.41) is 11.6. The van der Waals surface area contributed by atoms with Crippen LogP contribution in [0.4, 0.5) is 5.95 Å². The smallest absolute Gasteiger partial charge is 0.253 e. The van der Waals surface area contributed by atoms with E-state index < -0.39 is 0 Å². The van der Waals surface area contributed by atoms with Gasteiger partial charge in [-0.25, -0.2) is 14.6 Å². The maximum absolute atomic E-state index is 12.8. The molecule has 0 N–H and O–H groups in total. The average Bonchev–Trinajstić information content (AvgIpc) is 3.27. The normalized spacial score (nSPS) is 14.2. The van der Waals surface area contributed by atoms with E-state index in [1.165, 1.54) is 0 Å². The van der Waals surface area contributed by atoms with Gasteiger partial charge in [0, 0.05) is 44.1 Å². The molecule has 0 spiro atoms. The second kappa shape index (κ2) is 8.85. The van der Waals surface area contributed by atoms with Crippen LogP contribution < -0.4 is 9.64 Å². The number of hydrogen-bond donors (Lipinski definition) is 0. The number of benzene rings is 1. The predicted octanol–water partition coefficient (Wildman–Crippen LogP) is 1.59. The number of carbonyl (C=O) groups is 1. The van der Waals surface area contributed by atoms with Crippen LogP contribution in [0.5, 0.6) is 5.75 Å². The lowest BCUT2D eigenvalue weighted by molar-refractivity contribution is 0.0746. The molecule has 0 radical (unpaired) electrons. The number of hydrogen-bond acceptors (Lipinski definition) is 8. The zero-order valence-electron chi connectivity index (χ0n) is 17.0. The summed E-state index contributed by atoms with van der Waals surface area (Å²) in [7, 11) is 0. The zero-order valence-corrected chi connectivity index (χ0v) is 17.0. The van der Waals surface area contributed by atoms with E-state index in [4.69, 9.17) is 4.74 Å². The maximum atomic E-state index is 12.8. The minimum Gasteiger partial charge on any atom is -0.486 e. The molecule has 3 aromatic rings. The monoisotopic (exact) mass is 408 g/mol. The van der Waals surface area contributed by atoms with Crippen LogP contribution in [0.25, 0.3) is 0 Å². The Labute approximate surface area is 174 Å². The van der Waals surface area contributed by atoms with Crippen molar-refractivity contribution in [2.24, 2.45) is 0 Å². The van der Waals surface area contributed by atoms with Crippen LogP contribution in [0.3, 0.4) is 0 Å². The quantitative estimate of drug-likeness (QED) is 0.606. The third-order valence-corrected chi connectivity index (χ3v) is 4.92. The van der Waals surface area contributed by atoms with Gasteiger partial charge < -0.3 is 14.5 Å². The van der Waals surface area contributed by atoms with E-state index in [0.29, 0.717) is 49.3 Å². The van der Waals surface area contributed by atoms with Gasteiger partial charge in [-0.05, 0) is 54.6 Å². The van der Waals surface area contributed by atoms with E-state index in [0.717, 1.165) is 0 Å². The number of amides is 1. The first-order valence-electron chi connectivity index (χ1n) is 9.92. The lowest BCUT2D eigenvalue weighted by atomic mass is 10.1. The maximum Gasteiger partial charge on any atom is 0.253 e. The fraction of sp³-hybridized carbons (Fsp3) is 0.400. The van der Waals surface area contributed by atoms with Gasteiger partial charge in [-0.1, -0.05) is 0 Å². The number of ether oxygens (including phenoxy) is 1. The number of aromatic nitrogens is 6. The van der Waals surface area contributed by atoms with Crippen molar-refractivity contribution in [3.05, 3.63) is 54.1 Å². The van der Waals surface area contributed by atoms with Gasteiger partial charge in [0.1, 0.15) is 12.4 Å². The molecule has 1 aliphatic rings. The van der Waals surface area contributed by atoms with Crippen molar-refractivity contribution in [3.63, 3.8) is 0 Å². The van der Waals surface area contributed by atoms with Crippen molar-refractivity contribution in [1.82, 2.24) is 35.1 Å². The summed E-state index contributed by atoms with van der Waals surface area (Å²) in [6.07, 6.45) is 3.46. The van der Waals surface area contributed by atoms with Gasteiger partial charge in [-0.2, -0.15) is 0 Å². The molecule has 0 saturated carbocycles. The van der Waals surface area contributed by atoms with Crippen molar-refractivity contribution in [1.29, 1.82) is 0 Å². The van der Waals surface area contributed by atoms with E-state index in [2.05, 4.69) is 30.4 Å². The summed E-state index contributed by atoms with van der Waals surface area (Å²) < 4.78 is 7.50. The Bertz CT molecular complexity index is 966. The molecule has 0 bridgehead atoms. The highest BCUT2D eigenvalue weighted by molar-refractivity contribution is 5.94. The van der Waals surface area contributed by atoms with Gasteiger partial charge in [0.2, 0.25) is 5.95 Å². The summed E-state index contributed by atoms with van der Waals surface area (Å²) in [5.74, 6) is 2.04. The molecule has 3 heterocycles. The summed E-state index contributed by atoms with van der Waals surface area (Å²) >= 11 is 0. The molecule has 1 fully saturated rings. The fourth-order valence-electron chi connectivity index (χ4n) is 3.30. The molecule has 10 heteroatoms. The van der Waals surface area contributed by atoms with Gasteiger partial charge in [0.25, 0.3) is 5.91 Å². The van der Waals surface area contributed by atoms with E-state index in [1.807, 2.05) is 18.7 Å². The van der Waals surface area contributed by atoms with E-state index in [-0.39, 0.29) is 18.6 Å². The lowest BCUT2D eigenvalue weighted by Crippen LogP contribution is -2.49. The number of rotatable bonds is 6. The summed E-state index contributed by atoms with van der Waals surface area (Å²) in [6.45, 7) is 6.96. The molecule has 2 aromatic heterocycles. The number of carbonyl (C=O) groups excluding carboxylic acids is 1. The molecule has 30 heavy (non-hydrogen) atoms. The Kier molecular flexibility index (Phi) is 5.82.